The van der Waals surface area contributed by atoms with Gasteiger partial charge in [-0.1, -0.05) is 30.3 Å². The van der Waals surface area contributed by atoms with Gasteiger partial charge >= 0.3 is 0 Å². The number of amides is 1. The van der Waals surface area contributed by atoms with Crippen LogP contribution in [0.1, 0.15) is 6.42 Å². The first kappa shape index (κ1) is 21.6. The highest BCUT2D eigenvalue weighted by molar-refractivity contribution is 5.90. The van der Waals surface area contributed by atoms with Gasteiger partial charge in [0, 0.05) is 44.8 Å². The molecule has 34 heavy (non-hydrogen) atoms. The fraction of sp³-hybridized carbons (Fsp3) is 0.240. The molecule has 2 aromatic carbocycles. The molecule has 9 nitrogen and oxygen atoms in total. The molecule has 0 aliphatic carbocycles. The third kappa shape index (κ3) is 4.73. The quantitative estimate of drug-likeness (QED) is 0.477. The molecule has 1 saturated heterocycles. The third-order valence-corrected chi connectivity index (χ3v) is 5.92. The van der Waals surface area contributed by atoms with Crippen molar-refractivity contribution >= 4 is 34.1 Å². The van der Waals surface area contributed by atoms with E-state index in [2.05, 4.69) is 54.3 Å². The van der Waals surface area contributed by atoms with E-state index < -0.39 is 0 Å². The molecule has 0 bridgehead atoms. The number of piperazine rings is 1. The standard InChI is InChI=1S/C25H25N7O2/c33-23(10-11-32-18-28-22-9-5-4-8-21(22)24(32)34)29-19-16-26-25(27-17-19)31-14-12-30(13-15-31)20-6-2-1-3-7-20/h1-9,16-18H,10-15H2,(H,29,33). The van der Waals surface area contributed by atoms with Crippen molar-refractivity contribution in [2.24, 2.45) is 0 Å². The summed E-state index contributed by atoms with van der Waals surface area (Å²) >= 11 is 0. The average molecular weight is 456 g/mol. The Morgan fingerprint density at radius 1 is 0.853 bits per heavy atom. The van der Waals surface area contributed by atoms with E-state index in [9.17, 15) is 9.59 Å². The molecule has 1 amide bonds. The van der Waals surface area contributed by atoms with Gasteiger partial charge in [-0.25, -0.2) is 15.0 Å². The smallest absolute Gasteiger partial charge is 0.261 e. The lowest BCUT2D eigenvalue weighted by Crippen LogP contribution is -2.47. The van der Waals surface area contributed by atoms with Gasteiger partial charge in [-0.3, -0.25) is 14.2 Å². The average Bonchev–Trinajstić information content (AvgIpc) is 2.89. The van der Waals surface area contributed by atoms with E-state index in [4.69, 9.17) is 0 Å². The van der Waals surface area contributed by atoms with Crippen molar-refractivity contribution in [2.75, 3.05) is 41.3 Å². The number of carbonyl (C=O) groups is 1. The Morgan fingerprint density at radius 3 is 2.29 bits per heavy atom. The molecule has 9 heteroatoms. The van der Waals surface area contributed by atoms with Gasteiger partial charge in [0.25, 0.3) is 5.56 Å². The number of rotatable bonds is 6. The summed E-state index contributed by atoms with van der Waals surface area (Å²) in [7, 11) is 0. The highest BCUT2D eigenvalue weighted by Crippen LogP contribution is 2.18. The number of fused-ring (bicyclic) bond motifs is 1. The Bertz CT molecular complexity index is 1330. The molecule has 3 heterocycles. The molecule has 0 spiro atoms. The maximum absolute atomic E-state index is 12.6. The summed E-state index contributed by atoms with van der Waals surface area (Å²) in [4.78, 5) is 42.6. The number of nitrogens with zero attached hydrogens (tertiary/aromatic N) is 6. The first-order chi connectivity index (χ1) is 16.7. The molecule has 0 saturated carbocycles. The van der Waals surface area contributed by atoms with Gasteiger partial charge < -0.3 is 15.1 Å². The van der Waals surface area contributed by atoms with Crippen molar-refractivity contribution in [3.05, 3.63) is 83.7 Å². The van der Waals surface area contributed by atoms with E-state index >= 15 is 0 Å². The highest BCUT2D eigenvalue weighted by atomic mass is 16.2. The zero-order valence-electron chi connectivity index (χ0n) is 18.7. The van der Waals surface area contributed by atoms with Crippen LogP contribution in [-0.2, 0) is 11.3 Å². The Hall–Kier alpha value is -4.27. The van der Waals surface area contributed by atoms with Crippen LogP contribution in [0.15, 0.2) is 78.1 Å². The predicted molar refractivity (Wildman–Crippen MR) is 132 cm³/mol. The molecule has 0 radical (unpaired) electrons. The van der Waals surface area contributed by atoms with Crippen LogP contribution in [0.5, 0.6) is 0 Å². The molecule has 172 valence electrons. The van der Waals surface area contributed by atoms with Crippen LogP contribution in [0.2, 0.25) is 0 Å². The topological polar surface area (TPSA) is 96.2 Å². The minimum atomic E-state index is -0.215. The first-order valence-corrected chi connectivity index (χ1v) is 11.3. The van der Waals surface area contributed by atoms with Crippen molar-refractivity contribution in [1.29, 1.82) is 0 Å². The maximum atomic E-state index is 12.6. The van der Waals surface area contributed by atoms with Crippen molar-refractivity contribution < 1.29 is 4.79 Å². The largest absolute Gasteiger partial charge is 0.368 e. The highest BCUT2D eigenvalue weighted by Gasteiger charge is 2.19. The fourth-order valence-corrected chi connectivity index (χ4v) is 4.06. The van der Waals surface area contributed by atoms with E-state index in [1.807, 2.05) is 12.1 Å². The van der Waals surface area contributed by atoms with Crippen LogP contribution in [0.25, 0.3) is 10.9 Å². The van der Waals surface area contributed by atoms with Gasteiger partial charge in [0.05, 0.1) is 35.3 Å². The van der Waals surface area contributed by atoms with Crippen molar-refractivity contribution in [3.63, 3.8) is 0 Å². The fourth-order valence-electron chi connectivity index (χ4n) is 4.06. The second kappa shape index (κ2) is 9.70. The SMILES string of the molecule is O=C(CCn1cnc2ccccc2c1=O)Nc1cnc(N2CCN(c3ccccc3)CC2)nc1. The molecule has 1 aliphatic rings. The van der Waals surface area contributed by atoms with Gasteiger partial charge in [0.2, 0.25) is 11.9 Å². The van der Waals surface area contributed by atoms with Crippen LogP contribution in [0, 0.1) is 0 Å². The summed E-state index contributed by atoms with van der Waals surface area (Å²) in [5, 5.41) is 3.34. The summed E-state index contributed by atoms with van der Waals surface area (Å²) < 4.78 is 1.45. The number of benzene rings is 2. The second-order valence-corrected chi connectivity index (χ2v) is 8.14. The number of para-hydroxylation sites is 2. The van der Waals surface area contributed by atoms with E-state index in [1.165, 1.54) is 16.6 Å². The lowest BCUT2D eigenvalue weighted by atomic mass is 10.2. The summed E-state index contributed by atoms with van der Waals surface area (Å²) in [6.07, 6.45) is 4.86. The van der Waals surface area contributed by atoms with Gasteiger partial charge in [-0.05, 0) is 24.3 Å². The lowest BCUT2D eigenvalue weighted by Gasteiger charge is -2.36. The molecule has 1 N–H and O–H groups in total. The molecule has 4 aromatic rings. The number of hydrogen-bond donors (Lipinski definition) is 1. The molecule has 5 rings (SSSR count). The van der Waals surface area contributed by atoms with E-state index in [0.717, 1.165) is 26.2 Å². The molecule has 1 aliphatic heterocycles. The van der Waals surface area contributed by atoms with Crippen molar-refractivity contribution in [1.82, 2.24) is 19.5 Å². The summed E-state index contributed by atoms with van der Waals surface area (Å²) in [6, 6.07) is 17.5. The Labute approximate surface area is 196 Å². The predicted octanol–water partition coefficient (Wildman–Crippen LogP) is 2.54. The monoisotopic (exact) mass is 455 g/mol. The number of aromatic nitrogens is 4. The summed E-state index contributed by atoms with van der Waals surface area (Å²) in [5.74, 6) is 0.437. The van der Waals surface area contributed by atoms with E-state index in [-0.39, 0.29) is 24.4 Å². The van der Waals surface area contributed by atoms with E-state index in [1.54, 1.807) is 30.6 Å². The molecular formula is C25H25N7O2. The number of hydrogen-bond acceptors (Lipinski definition) is 7. The van der Waals surface area contributed by atoms with Gasteiger partial charge in [0.1, 0.15) is 0 Å². The zero-order valence-corrected chi connectivity index (χ0v) is 18.7. The van der Waals surface area contributed by atoms with Gasteiger partial charge in [-0.2, -0.15) is 0 Å². The number of anilines is 3. The third-order valence-electron chi connectivity index (χ3n) is 5.92. The minimum absolute atomic E-state index is 0.142. The van der Waals surface area contributed by atoms with Crippen LogP contribution in [0.4, 0.5) is 17.3 Å². The molecule has 1 fully saturated rings. The van der Waals surface area contributed by atoms with Crippen LogP contribution < -0.4 is 20.7 Å². The Kier molecular flexibility index (Phi) is 6.15. The normalized spacial score (nSPS) is 13.8. The van der Waals surface area contributed by atoms with Crippen LogP contribution >= 0.6 is 0 Å². The molecule has 2 aromatic heterocycles. The number of aryl methyl sites for hydroxylation is 1. The van der Waals surface area contributed by atoms with Gasteiger partial charge in [0.15, 0.2) is 0 Å². The first-order valence-electron chi connectivity index (χ1n) is 11.3. The number of carbonyl (C=O) groups excluding carboxylic acids is 1. The number of nitrogens with one attached hydrogen (secondary N) is 1. The maximum Gasteiger partial charge on any atom is 0.261 e. The zero-order chi connectivity index (χ0) is 23.3. The summed E-state index contributed by atoms with van der Waals surface area (Å²) in [6.45, 7) is 3.70. The Balaban J connectivity index is 1.14. The minimum Gasteiger partial charge on any atom is -0.368 e. The lowest BCUT2D eigenvalue weighted by molar-refractivity contribution is -0.116. The summed E-state index contributed by atoms with van der Waals surface area (Å²) in [5.41, 5.74) is 2.24. The Morgan fingerprint density at radius 2 is 1.53 bits per heavy atom. The molecule has 0 atom stereocenters. The second-order valence-electron chi connectivity index (χ2n) is 8.14. The van der Waals surface area contributed by atoms with Crippen LogP contribution in [-0.4, -0.2) is 51.6 Å². The van der Waals surface area contributed by atoms with Crippen molar-refractivity contribution in [2.45, 2.75) is 13.0 Å². The van der Waals surface area contributed by atoms with E-state index in [0.29, 0.717) is 22.5 Å². The van der Waals surface area contributed by atoms with Crippen LogP contribution in [0.3, 0.4) is 0 Å². The molecule has 0 unspecified atom stereocenters. The van der Waals surface area contributed by atoms with Crippen molar-refractivity contribution in [3.8, 4) is 0 Å². The van der Waals surface area contributed by atoms with Gasteiger partial charge in [-0.15, -0.1) is 0 Å². The molecular weight excluding hydrogens is 430 g/mol.